The van der Waals surface area contributed by atoms with Crippen molar-refractivity contribution in [3.63, 3.8) is 0 Å². The van der Waals surface area contributed by atoms with Gasteiger partial charge in [-0.05, 0) is 69.9 Å². The van der Waals surface area contributed by atoms with Crippen molar-refractivity contribution in [3.05, 3.63) is 43.9 Å². The van der Waals surface area contributed by atoms with E-state index in [1.54, 1.807) is 17.5 Å². The molecule has 0 aliphatic rings. The number of fused-ring (bicyclic) bond motifs is 1. The molecule has 1 unspecified atom stereocenters. The van der Waals surface area contributed by atoms with Crippen LogP contribution in [0.1, 0.15) is 18.5 Å². The van der Waals surface area contributed by atoms with Crippen LogP contribution < -0.4 is 0 Å². The van der Waals surface area contributed by atoms with Crippen LogP contribution >= 0.6 is 39.5 Å². The average Bonchev–Trinajstić information content (AvgIpc) is 2.95. The molecule has 3 aromatic rings. The molecule has 0 aromatic carbocycles. The molecule has 0 bridgehead atoms. The number of rotatable bonds is 3. The fourth-order valence-corrected chi connectivity index (χ4v) is 3.63. The van der Waals surface area contributed by atoms with E-state index in [0.717, 1.165) is 26.8 Å². The Labute approximate surface area is 128 Å². The molecule has 0 amide bonds. The van der Waals surface area contributed by atoms with Crippen molar-refractivity contribution in [1.82, 2.24) is 14.5 Å². The summed E-state index contributed by atoms with van der Waals surface area (Å²) in [6, 6.07) is 4.44. The topological polar surface area (TPSA) is 33.6 Å². The minimum Gasteiger partial charge on any atom is -0.329 e. The molecule has 0 radical (unpaired) electrons. The van der Waals surface area contributed by atoms with Crippen molar-refractivity contribution in [1.29, 1.82) is 0 Å². The third-order valence-corrected chi connectivity index (χ3v) is 4.54. The molecule has 3 heterocycles. The first-order chi connectivity index (χ1) is 9.15. The molecular formula is C13H12BrN3S2. The average molecular weight is 354 g/mol. The largest absolute Gasteiger partial charge is 0.329 e. The SMILES string of the molecule is CC(Cc1ccsc1)n1c(=S)[nH]c2cc(Br)cnc21. The van der Waals surface area contributed by atoms with Crippen molar-refractivity contribution in [3.8, 4) is 0 Å². The van der Waals surface area contributed by atoms with Gasteiger partial charge in [-0.3, -0.25) is 4.57 Å². The number of imidazole rings is 1. The Balaban J connectivity index is 2.04. The van der Waals surface area contributed by atoms with Gasteiger partial charge in [0.2, 0.25) is 0 Å². The lowest BCUT2D eigenvalue weighted by Gasteiger charge is -2.13. The molecule has 1 N–H and O–H groups in total. The Morgan fingerprint density at radius 2 is 2.42 bits per heavy atom. The number of nitrogens with zero attached hydrogens (tertiary/aromatic N) is 2. The first-order valence-corrected chi connectivity index (χ1v) is 8.06. The highest BCUT2D eigenvalue weighted by Gasteiger charge is 2.13. The number of hydrogen-bond donors (Lipinski definition) is 1. The molecule has 98 valence electrons. The van der Waals surface area contributed by atoms with Crippen molar-refractivity contribution < 1.29 is 0 Å². The molecule has 1 atom stereocenters. The van der Waals surface area contributed by atoms with E-state index >= 15 is 0 Å². The zero-order valence-electron chi connectivity index (χ0n) is 10.3. The Morgan fingerprint density at radius 3 is 3.16 bits per heavy atom. The second kappa shape index (κ2) is 5.19. The van der Waals surface area contributed by atoms with Crippen LogP contribution in [0, 0.1) is 4.77 Å². The molecule has 0 spiro atoms. The second-order valence-corrected chi connectivity index (χ2v) is 6.59. The number of aromatic nitrogens is 3. The number of halogens is 1. The molecule has 0 aliphatic carbocycles. The van der Waals surface area contributed by atoms with E-state index in [0.29, 0.717) is 0 Å². The zero-order chi connectivity index (χ0) is 13.4. The van der Waals surface area contributed by atoms with Crippen LogP contribution in [-0.4, -0.2) is 14.5 Å². The van der Waals surface area contributed by atoms with Gasteiger partial charge in [0.1, 0.15) is 0 Å². The summed E-state index contributed by atoms with van der Waals surface area (Å²) >= 11 is 10.6. The maximum absolute atomic E-state index is 5.42. The van der Waals surface area contributed by atoms with Crippen LogP contribution in [0.2, 0.25) is 0 Å². The number of pyridine rings is 1. The van der Waals surface area contributed by atoms with Gasteiger partial charge in [-0.1, -0.05) is 0 Å². The molecule has 3 rings (SSSR count). The summed E-state index contributed by atoms with van der Waals surface area (Å²) in [5.41, 5.74) is 3.22. The lowest BCUT2D eigenvalue weighted by Crippen LogP contribution is -2.08. The summed E-state index contributed by atoms with van der Waals surface area (Å²) in [5.74, 6) is 0. The van der Waals surface area contributed by atoms with E-state index in [1.165, 1.54) is 5.56 Å². The number of nitrogens with one attached hydrogen (secondary N) is 1. The smallest absolute Gasteiger partial charge is 0.179 e. The summed E-state index contributed by atoms with van der Waals surface area (Å²) in [5, 5.41) is 4.28. The van der Waals surface area contributed by atoms with Crippen LogP contribution in [0.15, 0.2) is 33.6 Å². The quantitative estimate of drug-likeness (QED) is 0.691. The van der Waals surface area contributed by atoms with Gasteiger partial charge in [-0.15, -0.1) is 0 Å². The van der Waals surface area contributed by atoms with Crippen molar-refractivity contribution in [2.75, 3.05) is 0 Å². The van der Waals surface area contributed by atoms with Crippen LogP contribution in [0.5, 0.6) is 0 Å². The number of hydrogen-bond acceptors (Lipinski definition) is 3. The second-order valence-electron chi connectivity index (χ2n) is 4.51. The van der Waals surface area contributed by atoms with E-state index in [9.17, 15) is 0 Å². The van der Waals surface area contributed by atoms with Gasteiger partial charge >= 0.3 is 0 Å². The summed E-state index contributed by atoms with van der Waals surface area (Å²) in [7, 11) is 0. The Hall–Kier alpha value is -0.980. The number of aromatic amines is 1. The number of H-pyrrole nitrogens is 1. The van der Waals surface area contributed by atoms with Crippen molar-refractivity contribution in [2.24, 2.45) is 0 Å². The fraction of sp³-hybridized carbons (Fsp3) is 0.231. The van der Waals surface area contributed by atoms with Crippen LogP contribution in [0.25, 0.3) is 11.2 Å². The van der Waals surface area contributed by atoms with Gasteiger partial charge < -0.3 is 4.98 Å². The van der Waals surface area contributed by atoms with Gasteiger partial charge in [-0.2, -0.15) is 11.3 Å². The highest BCUT2D eigenvalue weighted by molar-refractivity contribution is 9.10. The molecule has 0 aliphatic heterocycles. The normalized spacial score (nSPS) is 12.9. The maximum atomic E-state index is 5.42. The van der Waals surface area contributed by atoms with Gasteiger partial charge in [0.25, 0.3) is 0 Å². The molecule has 0 fully saturated rings. The monoisotopic (exact) mass is 353 g/mol. The molecule has 0 saturated carbocycles. The summed E-state index contributed by atoms with van der Waals surface area (Å²) < 4.78 is 3.77. The Kier molecular flexibility index (Phi) is 3.56. The first-order valence-electron chi connectivity index (χ1n) is 5.92. The van der Waals surface area contributed by atoms with E-state index in [-0.39, 0.29) is 6.04 Å². The van der Waals surface area contributed by atoms with Crippen molar-refractivity contribution >= 4 is 50.6 Å². The van der Waals surface area contributed by atoms with Crippen molar-refractivity contribution in [2.45, 2.75) is 19.4 Å². The Morgan fingerprint density at radius 1 is 1.58 bits per heavy atom. The lowest BCUT2D eigenvalue weighted by atomic mass is 10.1. The lowest BCUT2D eigenvalue weighted by molar-refractivity contribution is 0.550. The summed E-state index contributed by atoms with van der Waals surface area (Å²) in [4.78, 5) is 7.69. The predicted octanol–water partition coefficient (Wildman–Crippen LogP) is 4.72. The number of thiophene rings is 1. The summed E-state index contributed by atoms with van der Waals surface area (Å²) in [6.45, 7) is 2.17. The van der Waals surface area contributed by atoms with Crippen LogP contribution in [0.4, 0.5) is 0 Å². The van der Waals surface area contributed by atoms with Crippen LogP contribution in [0.3, 0.4) is 0 Å². The summed E-state index contributed by atoms with van der Waals surface area (Å²) in [6.07, 6.45) is 2.77. The molecule has 3 nitrogen and oxygen atoms in total. The van der Waals surface area contributed by atoms with E-state index < -0.39 is 0 Å². The minimum atomic E-state index is 0.282. The maximum Gasteiger partial charge on any atom is 0.179 e. The van der Waals surface area contributed by atoms with Gasteiger partial charge in [0.15, 0.2) is 10.4 Å². The molecule has 6 heteroatoms. The third kappa shape index (κ3) is 2.52. The Bertz CT molecular complexity index is 758. The van der Waals surface area contributed by atoms with E-state index in [4.69, 9.17) is 12.2 Å². The standard InChI is InChI=1S/C13H12BrN3S2/c1-8(4-9-2-3-19-7-9)17-12-11(16-13(17)18)5-10(14)6-15-12/h2-3,5-8H,4H2,1H3,(H,16,18). The van der Waals surface area contributed by atoms with Gasteiger partial charge in [-0.25, -0.2) is 4.98 Å². The highest BCUT2D eigenvalue weighted by Crippen LogP contribution is 2.23. The third-order valence-electron chi connectivity index (χ3n) is 3.07. The molecule has 3 aromatic heterocycles. The van der Waals surface area contributed by atoms with Gasteiger partial charge in [0.05, 0.1) is 5.52 Å². The first kappa shape index (κ1) is 13.0. The highest BCUT2D eigenvalue weighted by atomic mass is 79.9. The molecular weight excluding hydrogens is 342 g/mol. The minimum absolute atomic E-state index is 0.282. The molecule has 19 heavy (non-hydrogen) atoms. The predicted molar refractivity (Wildman–Crippen MR) is 85.4 cm³/mol. The van der Waals surface area contributed by atoms with E-state index in [2.05, 4.69) is 54.2 Å². The van der Waals surface area contributed by atoms with E-state index in [1.807, 2.05) is 6.07 Å². The fourth-order valence-electron chi connectivity index (χ4n) is 2.24. The van der Waals surface area contributed by atoms with Crippen LogP contribution in [-0.2, 0) is 6.42 Å². The molecule has 0 saturated heterocycles. The van der Waals surface area contributed by atoms with Gasteiger partial charge in [0, 0.05) is 16.7 Å². The zero-order valence-corrected chi connectivity index (χ0v) is 13.5.